The maximum absolute atomic E-state index is 13.2. The fourth-order valence-corrected chi connectivity index (χ4v) is 4.29. The number of hydrogen-bond donors (Lipinski definition) is 1. The molecule has 1 heterocycles. The first-order chi connectivity index (χ1) is 16.2. The van der Waals surface area contributed by atoms with Gasteiger partial charge in [0.1, 0.15) is 0 Å². The van der Waals surface area contributed by atoms with Gasteiger partial charge in [-0.15, -0.1) is 0 Å². The number of ether oxygens (including phenoxy) is 1. The number of nitrogens with zero attached hydrogens (tertiary/aromatic N) is 2. The van der Waals surface area contributed by atoms with E-state index in [1.165, 1.54) is 5.56 Å². The zero-order chi connectivity index (χ0) is 22.9. The van der Waals surface area contributed by atoms with Gasteiger partial charge in [-0.25, -0.2) is 0 Å². The molecule has 4 rings (SSSR count). The topological polar surface area (TPSA) is 44.8 Å². The predicted molar refractivity (Wildman–Crippen MR) is 134 cm³/mol. The molecule has 1 saturated heterocycles. The molecular formula is C28H33N3O2. The van der Waals surface area contributed by atoms with E-state index in [-0.39, 0.29) is 11.9 Å². The summed E-state index contributed by atoms with van der Waals surface area (Å²) in [5.74, 6) is 0.00291. The monoisotopic (exact) mass is 443 g/mol. The zero-order valence-electron chi connectivity index (χ0n) is 19.3. The minimum atomic E-state index is 0.00291. The third kappa shape index (κ3) is 6.75. The van der Waals surface area contributed by atoms with E-state index < -0.39 is 0 Å². The van der Waals surface area contributed by atoms with Gasteiger partial charge >= 0.3 is 0 Å². The van der Waals surface area contributed by atoms with E-state index in [4.69, 9.17) is 4.74 Å². The third-order valence-corrected chi connectivity index (χ3v) is 6.11. The van der Waals surface area contributed by atoms with Crippen molar-refractivity contribution >= 4 is 11.6 Å². The molecule has 0 aromatic heterocycles. The van der Waals surface area contributed by atoms with Gasteiger partial charge < -0.3 is 10.1 Å². The fourth-order valence-electron chi connectivity index (χ4n) is 4.29. The number of benzene rings is 3. The van der Waals surface area contributed by atoms with Gasteiger partial charge in [0.25, 0.3) is 0 Å². The number of anilines is 1. The van der Waals surface area contributed by atoms with Crippen LogP contribution >= 0.6 is 0 Å². The molecular weight excluding hydrogens is 410 g/mol. The highest BCUT2D eigenvalue weighted by molar-refractivity contribution is 5.96. The highest BCUT2D eigenvalue weighted by Gasteiger charge is 2.22. The van der Waals surface area contributed by atoms with Gasteiger partial charge in [0, 0.05) is 43.5 Å². The molecule has 1 aliphatic rings. The van der Waals surface area contributed by atoms with Crippen LogP contribution in [-0.4, -0.2) is 61.1 Å². The largest absolute Gasteiger partial charge is 0.379 e. The zero-order valence-corrected chi connectivity index (χ0v) is 19.3. The van der Waals surface area contributed by atoms with Crippen LogP contribution in [0.15, 0.2) is 84.9 Å². The van der Waals surface area contributed by atoms with Gasteiger partial charge in [-0.3, -0.25) is 14.6 Å². The van der Waals surface area contributed by atoms with E-state index >= 15 is 0 Å². The quantitative estimate of drug-likeness (QED) is 0.528. The summed E-state index contributed by atoms with van der Waals surface area (Å²) in [6.45, 7) is 7.65. The summed E-state index contributed by atoms with van der Waals surface area (Å²) in [4.78, 5) is 17.9. The lowest BCUT2D eigenvalue weighted by Crippen LogP contribution is -2.47. The van der Waals surface area contributed by atoms with Crippen LogP contribution in [0.1, 0.15) is 12.5 Å². The molecule has 1 N–H and O–H groups in total. The molecule has 0 radical (unpaired) electrons. The van der Waals surface area contributed by atoms with E-state index in [1.54, 1.807) is 0 Å². The van der Waals surface area contributed by atoms with Gasteiger partial charge in [0.15, 0.2) is 0 Å². The van der Waals surface area contributed by atoms with Crippen LogP contribution in [-0.2, 0) is 16.1 Å². The maximum atomic E-state index is 13.2. The van der Waals surface area contributed by atoms with Crippen molar-refractivity contribution in [3.63, 3.8) is 0 Å². The number of para-hydroxylation sites is 1. The Hall–Kier alpha value is -2.99. The Morgan fingerprint density at radius 1 is 0.939 bits per heavy atom. The first-order valence-corrected chi connectivity index (χ1v) is 11.7. The summed E-state index contributed by atoms with van der Waals surface area (Å²) >= 11 is 0. The predicted octanol–water partition coefficient (Wildman–Crippen LogP) is 4.52. The summed E-state index contributed by atoms with van der Waals surface area (Å²) in [7, 11) is 0. The molecule has 1 unspecified atom stereocenters. The molecule has 172 valence electrons. The highest BCUT2D eigenvalue weighted by atomic mass is 16.5. The molecule has 0 spiro atoms. The van der Waals surface area contributed by atoms with Crippen molar-refractivity contribution in [3.8, 4) is 11.1 Å². The van der Waals surface area contributed by atoms with Crippen LogP contribution in [0.3, 0.4) is 0 Å². The van der Waals surface area contributed by atoms with E-state index in [0.717, 1.165) is 56.2 Å². The van der Waals surface area contributed by atoms with Crippen molar-refractivity contribution in [3.05, 3.63) is 90.5 Å². The number of morpholine rings is 1. The lowest BCUT2D eigenvalue weighted by atomic mass is 10.0. The summed E-state index contributed by atoms with van der Waals surface area (Å²) in [6.07, 6.45) is 0. The molecule has 0 bridgehead atoms. The van der Waals surface area contributed by atoms with Crippen LogP contribution in [0.2, 0.25) is 0 Å². The third-order valence-electron chi connectivity index (χ3n) is 6.11. The van der Waals surface area contributed by atoms with Crippen molar-refractivity contribution < 1.29 is 9.53 Å². The molecule has 33 heavy (non-hydrogen) atoms. The standard InChI is InChI=1S/C28H33N3O2/c1-23(20-30-16-18-33-19-17-30)31(21-24-10-4-2-5-11-24)22-28(32)29-27-15-9-8-14-26(27)25-12-6-3-7-13-25/h2-15,23H,16-22H2,1H3,(H,29,32). The first-order valence-electron chi connectivity index (χ1n) is 11.7. The number of rotatable bonds is 9. The Morgan fingerprint density at radius 3 is 2.30 bits per heavy atom. The number of carbonyl (C=O) groups is 1. The average molecular weight is 444 g/mol. The van der Waals surface area contributed by atoms with E-state index in [9.17, 15) is 4.79 Å². The molecule has 1 atom stereocenters. The Bertz CT molecular complexity index is 1000. The minimum absolute atomic E-state index is 0.00291. The number of amides is 1. The number of carbonyl (C=O) groups excluding carboxylic acids is 1. The lowest BCUT2D eigenvalue weighted by molar-refractivity contribution is -0.118. The van der Waals surface area contributed by atoms with Gasteiger partial charge in [-0.05, 0) is 24.1 Å². The van der Waals surface area contributed by atoms with Crippen LogP contribution in [0.4, 0.5) is 5.69 Å². The fraction of sp³-hybridized carbons (Fsp3) is 0.321. The maximum Gasteiger partial charge on any atom is 0.238 e. The summed E-state index contributed by atoms with van der Waals surface area (Å²) in [6, 6.07) is 28.8. The lowest BCUT2D eigenvalue weighted by Gasteiger charge is -2.34. The summed E-state index contributed by atoms with van der Waals surface area (Å²) in [5.41, 5.74) is 4.18. The van der Waals surface area contributed by atoms with Gasteiger partial charge in [0.2, 0.25) is 5.91 Å². The second-order valence-corrected chi connectivity index (χ2v) is 8.61. The van der Waals surface area contributed by atoms with Gasteiger partial charge in [-0.2, -0.15) is 0 Å². The van der Waals surface area contributed by atoms with Crippen molar-refractivity contribution in [2.45, 2.75) is 19.5 Å². The minimum Gasteiger partial charge on any atom is -0.379 e. The Labute approximate surface area is 197 Å². The molecule has 3 aromatic rings. The van der Waals surface area contributed by atoms with E-state index in [1.807, 2.05) is 48.5 Å². The second kappa shape index (κ2) is 11.8. The summed E-state index contributed by atoms with van der Waals surface area (Å²) in [5, 5.41) is 3.17. The van der Waals surface area contributed by atoms with Gasteiger partial charge in [-0.1, -0.05) is 78.9 Å². The molecule has 1 aliphatic heterocycles. The Morgan fingerprint density at radius 2 is 1.58 bits per heavy atom. The molecule has 5 nitrogen and oxygen atoms in total. The van der Waals surface area contributed by atoms with Crippen molar-refractivity contribution in [2.75, 3.05) is 44.7 Å². The van der Waals surface area contributed by atoms with Crippen LogP contribution in [0, 0.1) is 0 Å². The Kier molecular flexibility index (Phi) is 8.25. The molecule has 1 fully saturated rings. The molecule has 5 heteroatoms. The average Bonchev–Trinajstić information content (AvgIpc) is 2.86. The molecule has 1 amide bonds. The Balaban J connectivity index is 1.47. The van der Waals surface area contributed by atoms with Gasteiger partial charge in [0.05, 0.1) is 19.8 Å². The van der Waals surface area contributed by atoms with E-state index in [2.05, 4.69) is 58.4 Å². The van der Waals surface area contributed by atoms with E-state index in [0.29, 0.717) is 6.54 Å². The normalized spacial score (nSPS) is 15.3. The highest BCUT2D eigenvalue weighted by Crippen LogP contribution is 2.27. The molecule has 0 saturated carbocycles. The van der Waals surface area contributed by atoms with Crippen molar-refractivity contribution in [2.24, 2.45) is 0 Å². The second-order valence-electron chi connectivity index (χ2n) is 8.61. The van der Waals surface area contributed by atoms with Crippen LogP contribution < -0.4 is 5.32 Å². The van der Waals surface area contributed by atoms with Crippen molar-refractivity contribution in [1.29, 1.82) is 0 Å². The molecule has 3 aromatic carbocycles. The number of hydrogen-bond acceptors (Lipinski definition) is 4. The van der Waals surface area contributed by atoms with Crippen molar-refractivity contribution in [1.82, 2.24) is 9.80 Å². The number of nitrogens with one attached hydrogen (secondary N) is 1. The first kappa shape index (κ1) is 23.2. The van der Waals surface area contributed by atoms with Crippen LogP contribution in [0.25, 0.3) is 11.1 Å². The SMILES string of the molecule is CC(CN1CCOCC1)N(CC(=O)Nc1ccccc1-c1ccccc1)Cc1ccccc1. The van der Waals surface area contributed by atoms with Crippen LogP contribution in [0.5, 0.6) is 0 Å². The molecule has 0 aliphatic carbocycles. The smallest absolute Gasteiger partial charge is 0.238 e. The summed E-state index contributed by atoms with van der Waals surface area (Å²) < 4.78 is 5.50.